The Hall–Kier alpha value is -1.82. The molecule has 1 amide bonds. The summed E-state index contributed by atoms with van der Waals surface area (Å²) >= 11 is 4.35. The molecule has 0 aliphatic heterocycles. The Labute approximate surface area is 150 Å². The van der Waals surface area contributed by atoms with E-state index in [0.717, 1.165) is 0 Å². The molecule has 0 heterocycles. The molecule has 0 fully saturated rings. The lowest BCUT2D eigenvalue weighted by Crippen LogP contribution is -2.31. The monoisotopic (exact) mass is 362 g/mol. The van der Waals surface area contributed by atoms with E-state index in [-0.39, 0.29) is 5.71 Å². The van der Waals surface area contributed by atoms with Crippen molar-refractivity contribution in [2.75, 3.05) is 5.32 Å². The summed E-state index contributed by atoms with van der Waals surface area (Å²) in [5, 5.41) is 3.33. The second-order valence-electron chi connectivity index (χ2n) is 6.13. The van der Waals surface area contributed by atoms with E-state index in [9.17, 15) is 9.35 Å². The largest absolute Gasteiger partial charge is 0.591 e. The van der Waals surface area contributed by atoms with Gasteiger partial charge >= 0.3 is 0 Å². The lowest BCUT2D eigenvalue weighted by atomic mass is 10.1. The van der Waals surface area contributed by atoms with E-state index in [4.69, 9.17) is 11.6 Å². The van der Waals surface area contributed by atoms with Gasteiger partial charge in [-0.15, -0.1) is 0 Å². The van der Waals surface area contributed by atoms with Crippen molar-refractivity contribution >= 4 is 40.3 Å². The number of amides is 1. The molecule has 2 aromatic rings. The first-order chi connectivity index (χ1) is 11.3. The molecule has 0 bridgehead atoms. The van der Waals surface area contributed by atoms with E-state index < -0.39 is 22.0 Å². The minimum Gasteiger partial charge on any atom is -0.591 e. The van der Waals surface area contributed by atoms with Gasteiger partial charge in [0.1, 0.15) is 16.1 Å². The number of halogens is 1. The molecule has 126 valence electrons. The molecular weight excluding hydrogens is 344 g/mol. The van der Waals surface area contributed by atoms with Crippen molar-refractivity contribution in [1.82, 2.24) is 0 Å². The highest BCUT2D eigenvalue weighted by atomic mass is 35.5. The Balaban J connectivity index is 2.37. The van der Waals surface area contributed by atoms with Gasteiger partial charge in [0, 0.05) is 16.3 Å². The van der Waals surface area contributed by atoms with Gasteiger partial charge in [0.25, 0.3) is 5.91 Å². The first-order valence-corrected chi connectivity index (χ1v) is 8.89. The van der Waals surface area contributed by atoms with E-state index in [1.54, 1.807) is 57.2 Å². The van der Waals surface area contributed by atoms with Crippen molar-refractivity contribution in [3.63, 3.8) is 0 Å². The average molecular weight is 363 g/mol. The van der Waals surface area contributed by atoms with E-state index >= 15 is 0 Å². The number of anilines is 1. The van der Waals surface area contributed by atoms with Crippen molar-refractivity contribution in [2.24, 2.45) is 4.40 Å². The zero-order chi connectivity index (χ0) is 17.7. The Morgan fingerprint density at radius 3 is 2.21 bits per heavy atom. The number of carbonyl (C=O) groups is 1. The topological polar surface area (TPSA) is 64.5 Å². The molecular formula is C18H19ClN2O2S. The van der Waals surface area contributed by atoms with Crippen molar-refractivity contribution in [2.45, 2.75) is 25.5 Å². The first-order valence-electron chi connectivity index (χ1n) is 7.40. The smallest absolute Gasteiger partial charge is 0.279 e. The minimum atomic E-state index is -1.56. The molecule has 0 radical (unpaired) electrons. The number of rotatable bonds is 4. The number of para-hydroxylation sites is 1. The van der Waals surface area contributed by atoms with Gasteiger partial charge in [-0.05, 0) is 45.0 Å². The Morgan fingerprint density at radius 1 is 1.08 bits per heavy atom. The van der Waals surface area contributed by atoms with E-state index in [0.29, 0.717) is 16.3 Å². The first kappa shape index (κ1) is 18.5. The molecule has 1 unspecified atom stereocenters. The van der Waals surface area contributed by atoms with Gasteiger partial charge in [-0.2, -0.15) is 0 Å². The minimum absolute atomic E-state index is 0.115. The predicted octanol–water partition coefficient (Wildman–Crippen LogP) is 4.23. The van der Waals surface area contributed by atoms with Crippen LogP contribution < -0.4 is 5.32 Å². The quantitative estimate of drug-likeness (QED) is 0.653. The summed E-state index contributed by atoms with van der Waals surface area (Å²) in [5.74, 6) is -0.416. The van der Waals surface area contributed by atoms with Crippen LogP contribution >= 0.6 is 11.6 Å². The van der Waals surface area contributed by atoms with Crippen LogP contribution in [0.25, 0.3) is 0 Å². The maximum absolute atomic E-state index is 12.7. The number of hydrogen-bond acceptors (Lipinski definition) is 3. The van der Waals surface area contributed by atoms with Gasteiger partial charge in [-0.1, -0.05) is 46.3 Å². The van der Waals surface area contributed by atoms with Crippen molar-refractivity contribution in [3.05, 3.63) is 65.2 Å². The van der Waals surface area contributed by atoms with E-state index in [1.165, 1.54) is 0 Å². The van der Waals surface area contributed by atoms with Gasteiger partial charge in [-0.25, -0.2) is 0 Å². The van der Waals surface area contributed by atoms with Crippen LogP contribution in [0.3, 0.4) is 0 Å². The van der Waals surface area contributed by atoms with Crippen LogP contribution in [0.15, 0.2) is 59.0 Å². The predicted molar refractivity (Wildman–Crippen MR) is 101 cm³/mol. The standard InChI is InChI=1S/C18H19ClN2O2S/c1-18(2,3)24(23)21-16(13-9-11-14(19)12-10-13)17(22)20-15-7-5-4-6-8-15/h4-12H,1-3H3,(H,20,22)/b21-16-. The maximum Gasteiger partial charge on any atom is 0.279 e. The number of benzene rings is 2. The van der Waals surface area contributed by atoms with E-state index in [1.807, 2.05) is 18.2 Å². The highest BCUT2D eigenvalue weighted by Gasteiger charge is 2.29. The zero-order valence-electron chi connectivity index (χ0n) is 13.7. The Kier molecular flexibility index (Phi) is 6.04. The molecule has 4 nitrogen and oxygen atoms in total. The lowest BCUT2D eigenvalue weighted by molar-refractivity contribution is -0.110. The van der Waals surface area contributed by atoms with Crippen LogP contribution in [0, 0.1) is 0 Å². The summed E-state index contributed by atoms with van der Waals surface area (Å²) < 4.78 is 16.0. The second-order valence-corrected chi connectivity index (χ2v) is 8.47. The number of nitrogens with one attached hydrogen (secondary N) is 1. The van der Waals surface area contributed by atoms with Crippen LogP contribution in [0.5, 0.6) is 0 Å². The summed E-state index contributed by atoms with van der Waals surface area (Å²) in [6.45, 7) is 5.42. The zero-order valence-corrected chi connectivity index (χ0v) is 15.3. The average Bonchev–Trinajstić information content (AvgIpc) is 2.53. The third-order valence-corrected chi connectivity index (χ3v) is 4.71. The second kappa shape index (κ2) is 7.83. The van der Waals surface area contributed by atoms with Crippen LogP contribution in [0.4, 0.5) is 5.69 Å². The summed E-state index contributed by atoms with van der Waals surface area (Å²) in [4.78, 5) is 12.7. The Morgan fingerprint density at radius 2 is 1.67 bits per heavy atom. The van der Waals surface area contributed by atoms with Crippen molar-refractivity contribution in [3.8, 4) is 0 Å². The molecule has 0 saturated carbocycles. The number of nitrogens with zero attached hydrogens (tertiary/aromatic N) is 1. The van der Waals surface area contributed by atoms with Gasteiger partial charge < -0.3 is 9.87 Å². The third-order valence-electron chi connectivity index (χ3n) is 3.06. The molecule has 0 aliphatic carbocycles. The SMILES string of the molecule is CC(C)(C)[S+]([O-])/N=C(\C(=O)Nc1ccccc1)c1ccc(Cl)cc1. The summed E-state index contributed by atoms with van der Waals surface area (Å²) in [7, 11) is 0. The highest BCUT2D eigenvalue weighted by Crippen LogP contribution is 2.20. The molecule has 0 spiro atoms. The molecule has 0 aromatic heterocycles. The highest BCUT2D eigenvalue weighted by molar-refractivity contribution is 7.91. The summed E-state index contributed by atoms with van der Waals surface area (Å²) in [6.07, 6.45) is 0. The van der Waals surface area contributed by atoms with Crippen LogP contribution in [-0.2, 0) is 16.2 Å². The molecule has 0 saturated heterocycles. The van der Waals surface area contributed by atoms with Crippen LogP contribution in [0.2, 0.25) is 5.02 Å². The van der Waals surface area contributed by atoms with Crippen LogP contribution in [0.1, 0.15) is 26.3 Å². The molecule has 1 N–H and O–H groups in total. The summed E-state index contributed by atoms with van der Waals surface area (Å²) in [6, 6.07) is 15.8. The number of carbonyl (C=O) groups excluding carboxylic acids is 1. The fraction of sp³-hybridized carbons (Fsp3) is 0.222. The van der Waals surface area contributed by atoms with Gasteiger partial charge in [0.2, 0.25) is 0 Å². The molecule has 2 aromatic carbocycles. The lowest BCUT2D eigenvalue weighted by Gasteiger charge is -2.19. The fourth-order valence-corrected chi connectivity index (χ4v) is 2.52. The van der Waals surface area contributed by atoms with Crippen molar-refractivity contribution in [1.29, 1.82) is 0 Å². The molecule has 6 heteroatoms. The fourth-order valence-electron chi connectivity index (χ4n) is 1.76. The Bertz CT molecular complexity index is 725. The molecule has 2 rings (SSSR count). The molecule has 1 atom stereocenters. The number of hydrogen-bond donors (Lipinski definition) is 1. The van der Waals surface area contributed by atoms with Gasteiger partial charge in [0.15, 0.2) is 5.71 Å². The maximum atomic E-state index is 12.7. The normalized spacial score (nSPS) is 13.5. The molecule has 24 heavy (non-hydrogen) atoms. The van der Waals surface area contributed by atoms with Crippen molar-refractivity contribution < 1.29 is 9.35 Å². The van der Waals surface area contributed by atoms with Crippen LogP contribution in [-0.4, -0.2) is 20.9 Å². The molecule has 0 aliphatic rings. The van der Waals surface area contributed by atoms with Gasteiger partial charge in [0.05, 0.1) is 0 Å². The summed E-state index contributed by atoms with van der Waals surface area (Å²) in [5.41, 5.74) is 1.32. The van der Waals surface area contributed by atoms with E-state index in [2.05, 4.69) is 9.71 Å². The van der Waals surface area contributed by atoms with Gasteiger partial charge in [-0.3, -0.25) is 4.79 Å². The third kappa shape index (κ3) is 5.09.